The van der Waals surface area contributed by atoms with Gasteiger partial charge in [0.25, 0.3) is 0 Å². The van der Waals surface area contributed by atoms with Crippen LogP contribution in [0.4, 0.5) is 0 Å². The molecule has 1 saturated heterocycles. The predicted octanol–water partition coefficient (Wildman–Crippen LogP) is 2.13. The summed E-state index contributed by atoms with van der Waals surface area (Å²) >= 11 is 0. The summed E-state index contributed by atoms with van der Waals surface area (Å²) in [6.45, 7) is 3.14. The Morgan fingerprint density at radius 3 is 2.72 bits per heavy atom. The number of cyclic esters (lactones) is 1. The van der Waals surface area contributed by atoms with E-state index in [1.165, 1.54) is 0 Å². The van der Waals surface area contributed by atoms with Crippen LogP contribution in [0.2, 0.25) is 0 Å². The highest BCUT2D eigenvalue weighted by molar-refractivity contribution is 5.71. The molecule has 98 valence electrons. The van der Waals surface area contributed by atoms with Crippen LogP contribution < -0.4 is 0 Å². The highest BCUT2D eigenvalue weighted by atomic mass is 16.7. The number of rotatable bonds is 6. The fraction of sp³-hybridized carbons (Fsp3) is 0.500. The number of esters is 1. The first-order chi connectivity index (χ1) is 8.75. The molecule has 1 aliphatic heterocycles. The SMILES string of the molecule is C[C@H]1CC(=O)O[C@@H]1COCOCc1ccccc1. The minimum Gasteiger partial charge on any atom is -0.460 e. The smallest absolute Gasteiger partial charge is 0.306 e. The van der Waals surface area contributed by atoms with Gasteiger partial charge in [-0.2, -0.15) is 0 Å². The van der Waals surface area contributed by atoms with Crippen LogP contribution in [-0.2, 0) is 25.6 Å². The minimum atomic E-state index is -0.138. The third-order valence-electron chi connectivity index (χ3n) is 2.97. The zero-order chi connectivity index (χ0) is 12.8. The molecule has 2 rings (SSSR count). The first-order valence-corrected chi connectivity index (χ1v) is 6.14. The Bertz CT molecular complexity index is 377. The van der Waals surface area contributed by atoms with Gasteiger partial charge in [0.2, 0.25) is 0 Å². The van der Waals surface area contributed by atoms with Gasteiger partial charge in [-0.15, -0.1) is 0 Å². The van der Waals surface area contributed by atoms with Crippen molar-refractivity contribution in [2.24, 2.45) is 5.92 Å². The highest BCUT2D eigenvalue weighted by Crippen LogP contribution is 2.21. The third kappa shape index (κ3) is 3.82. The molecule has 1 aromatic carbocycles. The molecule has 2 atom stereocenters. The number of hydrogen-bond donors (Lipinski definition) is 0. The number of benzene rings is 1. The Labute approximate surface area is 107 Å². The molecule has 0 aromatic heterocycles. The summed E-state index contributed by atoms with van der Waals surface area (Å²) in [6, 6.07) is 9.91. The third-order valence-corrected chi connectivity index (χ3v) is 2.97. The van der Waals surface area contributed by atoms with E-state index in [1.54, 1.807) is 0 Å². The van der Waals surface area contributed by atoms with Crippen molar-refractivity contribution < 1.29 is 19.0 Å². The monoisotopic (exact) mass is 250 g/mol. The van der Waals surface area contributed by atoms with Crippen LogP contribution in [0, 0.1) is 5.92 Å². The normalized spacial score (nSPS) is 23.1. The van der Waals surface area contributed by atoms with Crippen molar-refractivity contribution in [3.63, 3.8) is 0 Å². The molecule has 1 aromatic rings. The largest absolute Gasteiger partial charge is 0.460 e. The van der Waals surface area contributed by atoms with Gasteiger partial charge in [0.1, 0.15) is 12.9 Å². The maximum Gasteiger partial charge on any atom is 0.306 e. The molecule has 0 amide bonds. The lowest BCUT2D eigenvalue weighted by Gasteiger charge is -2.13. The average molecular weight is 250 g/mol. The fourth-order valence-corrected chi connectivity index (χ4v) is 1.88. The summed E-state index contributed by atoms with van der Waals surface area (Å²) in [5.74, 6) is 0.0907. The van der Waals surface area contributed by atoms with E-state index in [0.29, 0.717) is 19.6 Å². The minimum absolute atomic E-state index is 0.127. The molecule has 0 aliphatic carbocycles. The van der Waals surface area contributed by atoms with Crippen LogP contribution in [0.25, 0.3) is 0 Å². The van der Waals surface area contributed by atoms with E-state index in [0.717, 1.165) is 5.56 Å². The molecule has 18 heavy (non-hydrogen) atoms. The molecule has 0 bridgehead atoms. The maximum atomic E-state index is 11.0. The maximum absolute atomic E-state index is 11.0. The Hall–Kier alpha value is -1.39. The predicted molar refractivity (Wildman–Crippen MR) is 65.7 cm³/mol. The lowest BCUT2D eigenvalue weighted by Crippen LogP contribution is -2.21. The van der Waals surface area contributed by atoms with Gasteiger partial charge in [-0.3, -0.25) is 4.79 Å². The molecule has 1 aliphatic rings. The van der Waals surface area contributed by atoms with E-state index in [1.807, 2.05) is 37.3 Å². The Balaban J connectivity index is 1.58. The van der Waals surface area contributed by atoms with Crippen molar-refractivity contribution in [3.05, 3.63) is 35.9 Å². The lowest BCUT2D eigenvalue weighted by atomic mass is 10.1. The zero-order valence-corrected chi connectivity index (χ0v) is 10.5. The lowest BCUT2D eigenvalue weighted by molar-refractivity contribution is -0.147. The molecule has 1 heterocycles. The van der Waals surface area contributed by atoms with Gasteiger partial charge >= 0.3 is 5.97 Å². The van der Waals surface area contributed by atoms with Gasteiger partial charge in [-0.25, -0.2) is 0 Å². The van der Waals surface area contributed by atoms with E-state index in [2.05, 4.69) is 0 Å². The van der Waals surface area contributed by atoms with Gasteiger partial charge in [-0.1, -0.05) is 37.3 Å². The van der Waals surface area contributed by atoms with E-state index in [-0.39, 0.29) is 24.8 Å². The Morgan fingerprint density at radius 2 is 2.06 bits per heavy atom. The summed E-state index contributed by atoms with van der Waals surface area (Å²) in [6.07, 6.45) is 0.358. The van der Waals surface area contributed by atoms with Gasteiger partial charge in [-0.05, 0) is 5.56 Å². The summed E-state index contributed by atoms with van der Waals surface area (Å²) in [7, 11) is 0. The zero-order valence-electron chi connectivity index (χ0n) is 10.5. The van der Waals surface area contributed by atoms with E-state index >= 15 is 0 Å². The van der Waals surface area contributed by atoms with Crippen molar-refractivity contribution in [1.82, 2.24) is 0 Å². The summed E-state index contributed by atoms with van der Waals surface area (Å²) in [5, 5.41) is 0. The van der Waals surface area contributed by atoms with Crippen LogP contribution in [-0.4, -0.2) is 25.5 Å². The highest BCUT2D eigenvalue weighted by Gasteiger charge is 2.31. The van der Waals surface area contributed by atoms with Gasteiger partial charge in [0.15, 0.2) is 0 Å². The number of ether oxygens (including phenoxy) is 3. The van der Waals surface area contributed by atoms with Crippen molar-refractivity contribution in [3.8, 4) is 0 Å². The van der Waals surface area contributed by atoms with E-state index in [4.69, 9.17) is 14.2 Å². The van der Waals surface area contributed by atoms with Crippen LogP contribution >= 0.6 is 0 Å². The first kappa shape index (κ1) is 13.1. The molecular formula is C14H18O4. The molecule has 0 spiro atoms. The van der Waals surface area contributed by atoms with Crippen LogP contribution in [0.5, 0.6) is 0 Å². The molecule has 0 radical (unpaired) electrons. The number of carbonyl (C=O) groups excluding carboxylic acids is 1. The van der Waals surface area contributed by atoms with Gasteiger partial charge in [0.05, 0.1) is 19.6 Å². The standard InChI is InChI=1S/C14H18O4/c1-11-7-14(15)18-13(11)9-17-10-16-8-12-5-3-2-4-6-12/h2-6,11,13H,7-10H2,1H3/t11-,13+/m0/s1. The summed E-state index contributed by atoms with van der Waals surface area (Å²) < 4.78 is 15.9. The quantitative estimate of drug-likeness (QED) is 0.441. The van der Waals surface area contributed by atoms with Crippen molar-refractivity contribution in [2.45, 2.75) is 26.1 Å². The second-order valence-corrected chi connectivity index (χ2v) is 4.53. The molecule has 4 heteroatoms. The van der Waals surface area contributed by atoms with Crippen LogP contribution in [0.3, 0.4) is 0 Å². The first-order valence-electron chi connectivity index (χ1n) is 6.14. The van der Waals surface area contributed by atoms with Gasteiger partial charge in [0, 0.05) is 5.92 Å². The van der Waals surface area contributed by atoms with Crippen LogP contribution in [0.15, 0.2) is 30.3 Å². The molecule has 0 unspecified atom stereocenters. The number of carbonyl (C=O) groups is 1. The molecule has 1 fully saturated rings. The summed E-state index contributed by atoms with van der Waals surface area (Å²) in [4.78, 5) is 11.0. The molecule has 0 saturated carbocycles. The second kappa shape index (κ2) is 6.52. The van der Waals surface area contributed by atoms with Crippen molar-refractivity contribution >= 4 is 5.97 Å². The second-order valence-electron chi connectivity index (χ2n) is 4.53. The number of hydrogen-bond acceptors (Lipinski definition) is 4. The Kier molecular flexibility index (Phi) is 4.73. The van der Waals surface area contributed by atoms with E-state index in [9.17, 15) is 4.79 Å². The van der Waals surface area contributed by atoms with Gasteiger partial charge < -0.3 is 14.2 Å². The molecule has 4 nitrogen and oxygen atoms in total. The van der Waals surface area contributed by atoms with Crippen molar-refractivity contribution in [2.75, 3.05) is 13.4 Å². The topological polar surface area (TPSA) is 44.8 Å². The average Bonchev–Trinajstić information content (AvgIpc) is 2.69. The summed E-state index contributed by atoms with van der Waals surface area (Å²) in [5.41, 5.74) is 1.11. The Morgan fingerprint density at radius 1 is 1.28 bits per heavy atom. The van der Waals surface area contributed by atoms with E-state index < -0.39 is 0 Å². The molecular weight excluding hydrogens is 232 g/mol. The van der Waals surface area contributed by atoms with Crippen molar-refractivity contribution in [1.29, 1.82) is 0 Å². The fourth-order valence-electron chi connectivity index (χ4n) is 1.88. The molecule has 0 N–H and O–H groups in total. The van der Waals surface area contributed by atoms with Crippen LogP contribution in [0.1, 0.15) is 18.9 Å².